The van der Waals surface area contributed by atoms with Crippen molar-refractivity contribution in [2.45, 2.75) is 50.4 Å². The number of aliphatic hydroxyl groups excluding tert-OH is 4. The van der Waals surface area contributed by atoms with Gasteiger partial charge in [0.1, 0.15) is 0 Å². The zero-order valence-electron chi connectivity index (χ0n) is 9.26. The number of nitrogens with two attached hydrogens (primary N) is 1. The van der Waals surface area contributed by atoms with Gasteiger partial charge in [0.05, 0.1) is 25.4 Å². The molecule has 0 aliphatic heterocycles. The van der Waals surface area contributed by atoms with Gasteiger partial charge in [-0.2, -0.15) is 0 Å². The molecule has 0 saturated carbocycles. The minimum absolute atomic E-state index is 0.231. The largest absolute Gasteiger partial charge is 0.394 e. The van der Waals surface area contributed by atoms with Crippen LogP contribution in [0.5, 0.6) is 0 Å². The molecule has 0 aliphatic carbocycles. The molecule has 0 radical (unpaired) electrons. The van der Waals surface area contributed by atoms with Crippen molar-refractivity contribution in [2.24, 2.45) is 5.73 Å². The Hall–Kier alpha value is -0.200. The topological polar surface area (TPSA) is 107 Å². The number of rotatable bonds is 8. The molecule has 2 atom stereocenters. The van der Waals surface area contributed by atoms with Crippen LogP contribution in [-0.4, -0.2) is 51.4 Å². The van der Waals surface area contributed by atoms with Crippen molar-refractivity contribution in [1.29, 1.82) is 0 Å². The molecule has 5 heteroatoms. The Bertz CT molecular complexity index is 154. The molecule has 2 unspecified atom stereocenters. The van der Waals surface area contributed by atoms with Gasteiger partial charge in [0.2, 0.25) is 0 Å². The smallest absolute Gasteiger partial charge is 0.0788 e. The van der Waals surface area contributed by atoms with Gasteiger partial charge in [0.15, 0.2) is 0 Å². The van der Waals surface area contributed by atoms with Crippen LogP contribution >= 0.6 is 0 Å². The van der Waals surface area contributed by atoms with E-state index < -0.39 is 17.7 Å². The first-order chi connectivity index (χ1) is 6.97. The van der Waals surface area contributed by atoms with Crippen molar-refractivity contribution in [3.8, 4) is 0 Å². The minimum atomic E-state index is -0.868. The predicted octanol–water partition coefficient (Wildman–Crippen LogP) is -1.03. The molecule has 0 fully saturated rings. The van der Waals surface area contributed by atoms with E-state index in [2.05, 4.69) is 0 Å². The van der Waals surface area contributed by atoms with Crippen LogP contribution in [0.25, 0.3) is 0 Å². The molecule has 0 aromatic carbocycles. The maximum absolute atomic E-state index is 9.33. The lowest BCUT2D eigenvalue weighted by Gasteiger charge is -2.32. The fraction of sp³-hybridized carbons (Fsp3) is 1.00. The van der Waals surface area contributed by atoms with Crippen molar-refractivity contribution in [3.05, 3.63) is 0 Å². The lowest BCUT2D eigenvalue weighted by molar-refractivity contribution is 0.0322. The van der Waals surface area contributed by atoms with E-state index in [1.807, 2.05) is 6.92 Å². The third-order valence-corrected chi connectivity index (χ3v) is 2.45. The molecule has 92 valence electrons. The van der Waals surface area contributed by atoms with E-state index in [0.29, 0.717) is 6.42 Å². The quantitative estimate of drug-likeness (QED) is 0.360. The zero-order valence-corrected chi connectivity index (χ0v) is 9.26. The van der Waals surface area contributed by atoms with E-state index >= 15 is 0 Å². The Morgan fingerprint density at radius 3 is 1.73 bits per heavy atom. The van der Waals surface area contributed by atoms with Gasteiger partial charge in [-0.3, -0.25) is 0 Å². The maximum atomic E-state index is 9.33. The van der Waals surface area contributed by atoms with E-state index in [0.717, 1.165) is 6.42 Å². The Morgan fingerprint density at radius 2 is 1.47 bits per heavy atom. The average molecular weight is 221 g/mol. The van der Waals surface area contributed by atoms with Gasteiger partial charge in [-0.15, -0.1) is 0 Å². The number of aliphatic hydroxyl groups is 4. The molecule has 15 heavy (non-hydrogen) atoms. The highest BCUT2D eigenvalue weighted by Crippen LogP contribution is 2.22. The second kappa shape index (κ2) is 7.14. The summed E-state index contributed by atoms with van der Waals surface area (Å²) in [5.41, 5.74) is 5.30. The molecule has 0 heterocycles. The van der Waals surface area contributed by atoms with Crippen LogP contribution in [0, 0.1) is 0 Å². The summed E-state index contributed by atoms with van der Waals surface area (Å²) in [5.74, 6) is 0. The van der Waals surface area contributed by atoms with Crippen LogP contribution in [0.3, 0.4) is 0 Å². The van der Waals surface area contributed by atoms with Crippen LogP contribution in [0.2, 0.25) is 0 Å². The molecule has 0 aromatic rings. The standard InChI is InChI=1S/C10H23NO4/c1-2-3-10(11,4-8(14)6-12)5-9(15)7-13/h8-9,12-15H,2-7,11H2,1H3. The Balaban J connectivity index is 4.29. The van der Waals surface area contributed by atoms with Gasteiger partial charge in [0.25, 0.3) is 0 Å². The summed E-state index contributed by atoms with van der Waals surface area (Å²) in [6, 6.07) is 0. The molecular weight excluding hydrogens is 198 g/mol. The first kappa shape index (κ1) is 14.8. The fourth-order valence-electron chi connectivity index (χ4n) is 1.85. The summed E-state index contributed by atoms with van der Waals surface area (Å²) in [6.07, 6.45) is 0.191. The SMILES string of the molecule is CCCC(N)(CC(O)CO)CC(O)CO. The second-order valence-corrected chi connectivity index (χ2v) is 4.19. The van der Waals surface area contributed by atoms with Gasteiger partial charge in [-0.1, -0.05) is 13.3 Å². The summed E-state index contributed by atoms with van der Waals surface area (Å²) >= 11 is 0. The lowest BCUT2D eigenvalue weighted by atomic mass is 9.83. The summed E-state index contributed by atoms with van der Waals surface area (Å²) < 4.78 is 0. The average Bonchev–Trinajstić information content (AvgIpc) is 2.17. The van der Waals surface area contributed by atoms with Crippen LogP contribution < -0.4 is 5.73 Å². The molecule has 0 aliphatic rings. The molecule has 0 aromatic heterocycles. The van der Waals surface area contributed by atoms with Gasteiger partial charge < -0.3 is 26.2 Å². The van der Waals surface area contributed by atoms with Gasteiger partial charge in [-0.25, -0.2) is 0 Å². The van der Waals surface area contributed by atoms with E-state index in [-0.39, 0.29) is 26.1 Å². The third kappa shape index (κ3) is 6.06. The second-order valence-electron chi connectivity index (χ2n) is 4.19. The fourth-order valence-corrected chi connectivity index (χ4v) is 1.85. The van der Waals surface area contributed by atoms with Crippen LogP contribution in [0.1, 0.15) is 32.6 Å². The van der Waals surface area contributed by atoms with Gasteiger partial charge >= 0.3 is 0 Å². The highest BCUT2D eigenvalue weighted by Gasteiger charge is 2.29. The normalized spacial score (nSPS) is 19.6. The molecular formula is C10H23NO4. The third-order valence-electron chi connectivity index (χ3n) is 2.45. The summed E-state index contributed by atoms with van der Waals surface area (Å²) in [5, 5.41) is 36.1. The molecule has 0 spiro atoms. The van der Waals surface area contributed by atoms with E-state index in [9.17, 15) is 10.2 Å². The monoisotopic (exact) mass is 221 g/mol. The number of hydrogen-bond acceptors (Lipinski definition) is 5. The molecule has 0 amide bonds. The highest BCUT2D eigenvalue weighted by molar-refractivity contribution is 4.88. The van der Waals surface area contributed by atoms with E-state index in [1.165, 1.54) is 0 Å². The zero-order chi connectivity index (χ0) is 11.9. The Kier molecular flexibility index (Phi) is 7.04. The number of hydrogen-bond donors (Lipinski definition) is 5. The first-order valence-corrected chi connectivity index (χ1v) is 5.34. The Morgan fingerprint density at radius 1 is 1.07 bits per heavy atom. The Labute approximate surface area is 90.5 Å². The van der Waals surface area contributed by atoms with Gasteiger partial charge in [-0.05, 0) is 19.3 Å². The minimum Gasteiger partial charge on any atom is -0.394 e. The van der Waals surface area contributed by atoms with E-state index in [4.69, 9.17) is 15.9 Å². The van der Waals surface area contributed by atoms with Crippen LogP contribution in [0.4, 0.5) is 0 Å². The molecule has 5 nitrogen and oxygen atoms in total. The van der Waals surface area contributed by atoms with Crippen molar-refractivity contribution in [2.75, 3.05) is 13.2 Å². The van der Waals surface area contributed by atoms with Crippen molar-refractivity contribution in [3.63, 3.8) is 0 Å². The van der Waals surface area contributed by atoms with Gasteiger partial charge in [0, 0.05) is 5.54 Å². The first-order valence-electron chi connectivity index (χ1n) is 5.34. The van der Waals surface area contributed by atoms with Crippen molar-refractivity contribution >= 4 is 0 Å². The molecule has 0 saturated heterocycles. The van der Waals surface area contributed by atoms with Crippen molar-refractivity contribution in [1.82, 2.24) is 0 Å². The van der Waals surface area contributed by atoms with Crippen molar-refractivity contribution < 1.29 is 20.4 Å². The van der Waals surface area contributed by atoms with Crippen LogP contribution in [-0.2, 0) is 0 Å². The summed E-state index contributed by atoms with van der Waals surface area (Å²) in [7, 11) is 0. The maximum Gasteiger partial charge on any atom is 0.0788 e. The summed E-state index contributed by atoms with van der Waals surface area (Å²) in [4.78, 5) is 0. The summed E-state index contributed by atoms with van der Waals surface area (Å²) in [6.45, 7) is 1.29. The van der Waals surface area contributed by atoms with E-state index in [1.54, 1.807) is 0 Å². The highest BCUT2D eigenvalue weighted by atomic mass is 16.3. The molecule has 0 bridgehead atoms. The molecule has 6 N–H and O–H groups in total. The molecule has 0 rings (SSSR count). The van der Waals surface area contributed by atoms with Crippen LogP contribution in [0.15, 0.2) is 0 Å². The predicted molar refractivity (Wildman–Crippen MR) is 57.2 cm³/mol. The lowest BCUT2D eigenvalue weighted by Crippen LogP contribution is -2.46.